The number of benzene rings is 2. The van der Waals surface area contributed by atoms with Crippen molar-refractivity contribution in [2.45, 2.75) is 27.2 Å². The van der Waals surface area contributed by atoms with Crippen LogP contribution >= 0.6 is 12.2 Å². The molecule has 1 aliphatic rings. The minimum absolute atomic E-state index is 0.0980. The summed E-state index contributed by atoms with van der Waals surface area (Å²) in [5, 5.41) is 0.212. The van der Waals surface area contributed by atoms with Crippen molar-refractivity contribution in [1.82, 2.24) is 9.47 Å². The van der Waals surface area contributed by atoms with E-state index in [1.165, 1.54) is 9.80 Å². The third kappa shape index (κ3) is 4.15. The van der Waals surface area contributed by atoms with Crippen molar-refractivity contribution in [2.75, 3.05) is 18.6 Å². The molecule has 0 aliphatic carbocycles. The number of nitrogens with zero attached hydrogens (tertiary/aromatic N) is 3. The first-order valence-electron chi connectivity index (χ1n) is 11.2. The molecule has 2 aromatic carbocycles. The molecule has 1 aliphatic heterocycles. The largest absolute Gasteiger partial charge is 0.497 e. The minimum Gasteiger partial charge on any atom is -0.497 e. The van der Waals surface area contributed by atoms with Gasteiger partial charge in [-0.3, -0.25) is 19.4 Å². The number of carbonyl (C=O) groups is 2. The molecule has 2 amide bonds. The summed E-state index contributed by atoms with van der Waals surface area (Å²) in [6.07, 6.45) is 2.41. The maximum atomic E-state index is 13.5. The topological polar surface area (TPSA) is 54.8 Å². The summed E-state index contributed by atoms with van der Waals surface area (Å²) >= 11 is 5.57. The van der Waals surface area contributed by atoms with E-state index in [9.17, 15) is 9.59 Å². The molecule has 0 spiro atoms. The van der Waals surface area contributed by atoms with Gasteiger partial charge in [-0.2, -0.15) is 0 Å². The predicted molar refractivity (Wildman–Crippen MR) is 138 cm³/mol. The number of rotatable bonds is 6. The fourth-order valence-electron chi connectivity index (χ4n) is 4.22. The molecule has 4 rings (SSSR count). The number of para-hydroxylation sites is 1. The Hall–Kier alpha value is -3.71. The van der Waals surface area contributed by atoms with Crippen molar-refractivity contribution in [3.8, 4) is 11.4 Å². The van der Waals surface area contributed by atoms with Gasteiger partial charge in [-0.15, -0.1) is 0 Å². The summed E-state index contributed by atoms with van der Waals surface area (Å²) < 4.78 is 7.36. The first-order chi connectivity index (χ1) is 16.4. The highest BCUT2D eigenvalue weighted by molar-refractivity contribution is 7.80. The van der Waals surface area contributed by atoms with Crippen molar-refractivity contribution in [2.24, 2.45) is 0 Å². The van der Waals surface area contributed by atoms with Crippen LogP contribution in [-0.2, 0) is 9.59 Å². The van der Waals surface area contributed by atoms with Crippen LogP contribution in [-0.4, -0.2) is 40.0 Å². The molecule has 0 saturated carbocycles. The summed E-state index contributed by atoms with van der Waals surface area (Å²) in [5.74, 6) is 0.000950. The molecular weight excluding hydrogens is 446 g/mol. The van der Waals surface area contributed by atoms with Crippen LogP contribution in [0.3, 0.4) is 0 Å². The lowest BCUT2D eigenvalue weighted by Gasteiger charge is -2.36. The molecule has 0 bridgehead atoms. The Morgan fingerprint density at radius 2 is 1.62 bits per heavy atom. The van der Waals surface area contributed by atoms with Crippen LogP contribution in [0.4, 0.5) is 5.69 Å². The van der Waals surface area contributed by atoms with Crippen LogP contribution in [0.15, 0.2) is 66.2 Å². The number of methoxy groups -OCH3 is 1. The Morgan fingerprint density at radius 3 is 2.24 bits per heavy atom. The molecule has 0 atom stereocenters. The molecule has 1 fully saturated rings. The normalized spacial score (nSPS) is 15.4. The number of amides is 2. The van der Waals surface area contributed by atoms with Gasteiger partial charge in [0.25, 0.3) is 11.8 Å². The zero-order valence-corrected chi connectivity index (χ0v) is 20.6. The van der Waals surface area contributed by atoms with Gasteiger partial charge >= 0.3 is 0 Å². The van der Waals surface area contributed by atoms with Crippen molar-refractivity contribution in [1.29, 1.82) is 0 Å². The maximum Gasteiger partial charge on any atom is 0.270 e. The zero-order chi connectivity index (χ0) is 24.4. The lowest BCUT2D eigenvalue weighted by Crippen LogP contribution is -2.56. The Morgan fingerprint density at radius 1 is 0.941 bits per heavy atom. The SMILES string of the molecule is CCCN1C(=O)/C(=C/c2cc(C)n(-c3ccc(OC)cc3)c2C)C(=O)N(c2ccccc2)C1=S. The Balaban J connectivity index is 1.79. The van der Waals surface area contributed by atoms with E-state index in [2.05, 4.69) is 4.57 Å². The summed E-state index contributed by atoms with van der Waals surface area (Å²) in [5.41, 5.74) is 4.44. The van der Waals surface area contributed by atoms with Crippen LogP contribution in [0.25, 0.3) is 11.8 Å². The van der Waals surface area contributed by atoms with E-state index in [0.29, 0.717) is 12.2 Å². The fourth-order valence-corrected chi connectivity index (χ4v) is 4.58. The van der Waals surface area contributed by atoms with Crippen LogP contribution in [0.2, 0.25) is 0 Å². The van der Waals surface area contributed by atoms with Crippen molar-refractivity contribution >= 4 is 40.9 Å². The highest BCUT2D eigenvalue weighted by atomic mass is 32.1. The van der Waals surface area contributed by atoms with E-state index in [-0.39, 0.29) is 16.6 Å². The van der Waals surface area contributed by atoms with Gasteiger partial charge in [0.05, 0.1) is 12.8 Å². The standard InChI is InChI=1S/C27H27N3O3S/c1-5-15-28-25(31)24(26(32)30(27(28)34)21-9-7-6-8-10-21)17-20-16-18(2)29(19(20)3)22-11-13-23(33-4)14-12-22/h6-14,16-17H,5,15H2,1-4H3/b24-17-. The van der Waals surface area contributed by atoms with Crippen LogP contribution in [0.5, 0.6) is 5.75 Å². The monoisotopic (exact) mass is 473 g/mol. The number of thiocarbonyl (C=S) groups is 1. The van der Waals surface area contributed by atoms with Gasteiger partial charge in [-0.05, 0) is 86.6 Å². The van der Waals surface area contributed by atoms with Gasteiger partial charge < -0.3 is 9.30 Å². The number of ether oxygens (including phenoxy) is 1. The molecule has 0 N–H and O–H groups in total. The van der Waals surface area contributed by atoms with Crippen molar-refractivity contribution in [3.05, 3.63) is 83.2 Å². The highest BCUT2D eigenvalue weighted by Gasteiger charge is 2.40. The fraction of sp³-hybridized carbons (Fsp3) is 0.222. The molecule has 2 heterocycles. The molecule has 7 heteroatoms. The predicted octanol–water partition coefficient (Wildman–Crippen LogP) is 5.06. The summed E-state index contributed by atoms with van der Waals surface area (Å²) in [6, 6.07) is 18.9. The lowest BCUT2D eigenvalue weighted by molar-refractivity contribution is -0.127. The number of aromatic nitrogens is 1. The molecule has 174 valence electrons. The minimum atomic E-state index is -0.414. The van der Waals surface area contributed by atoms with E-state index < -0.39 is 5.91 Å². The van der Waals surface area contributed by atoms with Gasteiger partial charge in [-0.1, -0.05) is 25.1 Å². The smallest absolute Gasteiger partial charge is 0.270 e. The quantitative estimate of drug-likeness (QED) is 0.285. The number of hydrogen-bond donors (Lipinski definition) is 0. The lowest BCUT2D eigenvalue weighted by atomic mass is 10.1. The third-order valence-corrected chi connectivity index (χ3v) is 6.30. The zero-order valence-electron chi connectivity index (χ0n) is 19.7. The summed E-state index contributed by atoms with van der Waals surface area (Å²) in [4.78, 5) is 29.9. The third-order valence-electron chi connectivity index (χ3n) is 5.89. The Kier molecular flexibility index (Phi) is 6.65. The number of aryl methyl sites for hydroxylation is 1. The maximum absolute atomic E-state index is 13.5. The second-order valence-electron chi connectivity index (χ2n) is 8.13. The van der Waals surface area contributed by atoms with Crippen molar-refractivity contribution in [3.63, 3.8) is 0 Å². The van der Waals surface area contributed by atoms with E-state index in [1.54, 1.807) is 13.2 Å². The Labute approximate surface area is 205 Å². The van der Waals surface area contributed by atoms with E-state index >= 15 is 0 Å². The molecule has 6 nitrogen and oxygen atoms in total. The molecule has 0 unspecified atom stereocenters. The van der Waals surface area contributed by atoms with E-state index in [1.807, 2.05) is 81.4 Å². The van der Waals surface area contributed by atoms with Crippen LogP contribution in [0.1, 0.15) is 30.3 Å². The molecular formula is C27H27N3O3S. The van der Waals surface area contributed by atoms with E-state index in [4.69, 9.17) is 17.0 Å². The first kappa shape index (κ1) is 23.4. The first-order valence-corrected chi connectivity index (χ1v) is 11.6. The average Bonchev–Trinajstić information content (AvgIpc) is 3.13. The summed E-state index contributed by atoms with van der Waals surface area (Å²) in [7, 11) is 1.63. The number of anilines is 1. The van der Waals surface area contributed by atoms with E-state index in [0.717, 1.165) is 34.8 Å². The van der Waals surface area contributed by atoms with Crippen LogP contribution in [0, 0.1) is 13.8 Å². The van der Waals surface area contributed by atoms with Gasteiger partial charge in [0.15, 0.2) is 5.11 Å². The average molecular weight is 474 g/mol. The summed E-state index contributed by atoms with van der Waals surface area (Å²) in [6.45, 7) is 6.39. The second kappa shape index (κ2) is 9.65. The highest BCUT2D eigenvalue weighted by Crippen LogP contribution is 2.29. The van der Waals surface area contributed by atoms with Gasteiger partial charge in [0.1, 0.15) is 11.3 Å². The molecule has 34 heavy (non-hydrogen) atoms. The van der Waals surface area contributed by atoms with Crippen LogP contribution < -0.4 is 9.64 Å². The second-order valence-corrected chi connectivity index (χ2v) is 8.50. The van der Waals surface area contributed by atoms with Gasteiger partial charge in [0, 0.05) is 23.6 Å². The molecule has 1 aromatic heterocycles. The van der Waals surface area contributed by atoms with Gasteiger partial charge in [0.2, 0.25) is 0 Å². The molecule has 3 aromatic rings. The number of carbonyl (C=O) groups excluding carboxylic acids is 2. The molecule has 0 radical (unpaired) electrons. The van der Waals surface area contributed by atoms with Crippen molar-refractivity contribution < 1.29 is 14.3 Å². The molecule has 1 saturated heterocycles. The number of hydrogen-bond acceptors (Lipinski definition) is 4. The Bertz CT molecular complexity index is 1280. The van der Waals surface area contributed by atoms with Gasteiger partial charge in [-0.25, -0.2) is 0 Å².